The molecule has 0 aliphatic carbocycles. The first-order valence-electron chi connectivity index (χ1n) is 10.8. The number of hydrogen-bond acceptors (Lipinski definition) is 4. The lowest BCUT2D eigenvalue weighted by Gasteiger charge is -2.40. The number of nitrogens with two attached hydrogens (primary N) is 1. The predicted octanol–water partition coefficient (Wildman–Crippen LogP) is 3.20. The molecule has 0 bridgehead atoms. The molecular formula is C24H23F3N6O2. The monoisotopic (exact) mass is 484 g/mol. The molecule has 0 radical (unpaired) electrons. The molecule has 1 aliphatic rings. The van der Waals surface area contributed by atoms with Crippen molar-refractivity contribution in [2.45, 2.75) is 6.18 Å². The smallest absolute Gasteiger partial charge is 0.369 e. The van der Waals surface area contributed by atoms with E-state index in [0.29, 0.717) is 5.56 Å². The van der Waals surface area contributed by atoms with Gasteiger partial charge in [0.05, 0.1) is 5.56 Å². The molecule has 182 valence electrons. The van der Waals surface area contributed by atoms with E-state index in [-0.39, 0.29) is 37.6 Å². The van der Waals surface area contributed by atoms with Crippen LogP contribution in [0, 0.1) is 5.41 Å². The number of nitrogens with zero attached hydrogens (tertiary/aromatic N) is 4. The molecule has 0 saturated carbocycles. The van der Waals surface area contributed by atoms with Crippen molar-refractivity contribution in [3.8, 4) is 5.69 Å². The number of rotatable bonds is 4. The number of nitrogens with one attached hydrogen (secondary N) is 1. The predicted molar refractivity (Wildman–Crippen MR) is 123 cm³/mol. The molecule has 0 spiro atoms. The van der Waals surface area contributed by atoms with Gasteiger partial charge in [0.1, 0.15) is 0 Å². The van der Waals surface area contributed by atoms with Crippen LogP contribution in [0.3, 0.4) is 0 Å². The number of halogens is 3. The zero-order chi connectivity index (χ0) is 25.2. The van der Waals surface area contributed by atoms with E-state index in [4.69, 9.17) is 11.1 Å². The summed E-state index contributed by atoms with van der Waals surface area (Å²) in [6.07, 6.45) is -0.807. The van der Waals surface area contributed by atoms with E-state index in [9.17, 15) is 22.8 Å². The number of carbonyl (C=O) groups is 2. The van der Waals surface area contributed by atoms with Gasteiger partial charge in [-0.15, -0.1) is 0 Å². The molecule has 1 aliphatic heterocycles. The number of piperazine rings is 1. The van der Waals surface area contributed by atoms with Crippen LogP contribution in [0.4, 0.5) is 13.2 Å². The van der Waals surface area contributed by atoms with Crippen LogP contribution in [-0.4, -0.2) is 63.4 Å². The van der Waals surface area contributed by atoms with Gasteiger partial charge in [0.25, 0.3) is 11.8 Å². The molecule has 8 nitrogen and oxygen atoms in total. The van der Waals surface area contributed by atoms with Crippen molar-refractivity contribution >= 4 is 17.8 Å². The lowest BCUT2D eigenvalue weighted by Crippen LogP contribution is -2.59. The van der Waals surface area contributed by atoms with Crippen molar-refractivity contribution in [2.75, 3.05) is 26.2 Å². The van der Waals surface area contributed by atoms with Crippen LogP contribution in [0.5, 0.6) is 0 Å². The maximum Gasteiger partial charge on any atom is 0.416 e. The lowest BCUT2D eigenvalue weighted by atomic mass is 10.1. The Bertz CT molecular complexity index is 1220. The highest BCUT2D eigenvalue weighted by Crippen LogP contribution is 2.30. The molecule has 0 unspecified atom stereocenters. The first kappa shape index (κ1) is 24.0. The number of amides is 2. The third-order valence-corrected chi connectivity index (χ3v) is 5.70. The molecule has 11 heteroatoms. The van der Waals surface area contributed by atoms with Crippen molar-refractivity contribution in [1.29, 1.82) is 5.41 Å². The van der Waals surface area contributed by atoms with Gasteiger partial charge in [-0.2, -0.15) is 13.2 Å². The highest BCUT2D eigenvalue weighted by molar-refractivity contribution is 6.04. The summed E-state index contributed by atoms with van der Waals surface area (Å²) in [5.41, 5.74) is 5.83. The fourth-order valence-corrected chi connectivity index (χ4v) is 3.91. The molecular weight excluding hydrogens is 461 g/mol. The van der Waals surface area contributed by atoms with Crippen molar-refractivity contribution in [3.05, 3.63) is 89.7 Å². The second-order valence-electron chi connectivity index (χ2n) is 7.96. The summed E-state index contributed by atoms with van der Waals surface area (Å²) < 4.78 is 41.1. The number of guanidine groups is 1. The van der Waals surface area contributed by atoms with Gasteiger partial charge in [-0.05, 0) is 54.6 Å². The zero-order valence-electron chi connectivity index (χ0n) is 18.6. The van der Waals surface area contributed by atoms with Crippen LogP contribution in [0.1, 0.15) is 26.3 Å². The number of hydrazine groups is 1. The van der Waals surface area contributed by atoms with E-state index in [2.05, 4.69) is 0 Å². The topological polar surface area (TPSA) is 98.7 Å². The van der Waals surface area contributed by atoms with Crippen LogP contribution < -0.4 is 5.73 Å². The Balaban J connectivity index is 1.43. The molecule has 0 atom stereocenters. The van der Waals surface area contributed by atoms with Crippen molar-refractivity contribution < 1.29 is 22.8 Å². The quantitative estimate of drug-likeness (QED) is 0.439. The molecule has 1 fully saturated rings. The maximum absolute atomic E-state index is 13.1. The first-order valence-corrected chi connectivity index (χ1v) is 10.8. The van der Waals surface area contributed by atoms with Crippen LogP contribution in [0.25, 0.3) is 5.69 Å². The standard InChI is InChI=1S/C24H23F3N6O2/c25-24(26,27)19-5-3-4-18(16-19)22(35)33(23(28)29)32-14-12-31(13-15-32)21(34)17-6-8-20(9-7-17)30-10-1-2-11-30/h1-11,16H,12-15H2,(H3,28,29). The van der Waals surface area contributed by atoms with Crippen molar-refractivity contribution in [2.24, 2.45) is 5.73 Å². The number of benzene rings is 2. The van der Waals surface area contributed by atoms with Gasteiger partial charge >= 0.3 is 6.18 Å². The Morgan fingerprint density at radius 2 is 1.51 bits per heavy atom. The number of carbonyl (C=O) groups excluding carboxylic acids is 2. The van der Waals surface area contributed by atoms with Gasteiger partial charge < -0.3 is 15.2 Å². The Morgan fingerprint density at radius 1 is 0.886 bits per heavy atom. The number of aromatic nitrogens is 1. The number of hydrogen-bond donors (Lipinski definition) is 2. The fraction of sp³-hybridized carbons (Fsp3) is 0.208. The molecule has 2 aromatic carbocycles. The Hall–Kier alpha value is -4.12. The molecule has 2 heterocycles. The van der Waals surface area contributed by atoms with Crippen molar-refractivity contribution in [3.63, 3.8) is 0 Å². The SMILES string of the molecule is N=C(N)N(C(=O)c1cccc(C(F)(F)F)c1)N1CCN(C(=O)c2ccc(-n3cccc3)cc2)CC1. The zero-order valence-corrected chi connectivity index (χ0v) is 18.6. The van der Waals surface area contributed by atoms with Gasteiger partial charge in [0.2, 0.25) is 5.96 Å². The van der Waals surface area contributed by atoms with E-state index in [1.54, 1.807) is 17.0 Å². The van der Waals surface area contributed by atoms with E-state index in [1.807, 2.05) is 41.2 Å². The lowest BCUT2D eigenvalue weighted by molar-refractivity contribution is -0.137. The third-order valence-electron chi connectivity index (χ3n) is 5.70. The van der Waals surface area contributed by atoms with E-state index in [1.165, 1.54) is 11.1 Å². The van der Waals surface area contributed by atoms with Crippen LogP contribution in [-0.2, 0) is 6.18 Å². The summed E-state index contributed by atoms with van der Waals surface area (Å²) in [6.45, 7) is 0.852. The average Bonchev–Trinajstić information content (AvgIpc) is 3.39. The van der Waals surface area contributed by atoms with Gasteiger partial charge in [0.15, 0.2) is 0 Å². The van der Waals surface area contributed by atoms with E-state index in [0.717, 1.165) is 28.9 Å². The largest absolute Gasteiger partial charge is 0.416 e. The minimum atomic E-state index is -4.61. The molecule has 1 saturated heterocycles. The minimum Gasteiger partial charge on any atom is -0.369 e. The molecule has 4 rings (SSSR count). The van der Waals surface area contributed by atoms with E-state index >= 15 is 0 Å². The summed E-state index contributed by atoms with van der Waals surface area (Å²) in [5.74, 6) is -1.64. The summed E-state index contributed by atoms with van der Waals surface area (Å²) in [4.78, 5) is 27.5. The van der Waals surface area contributed by atoms with Gasteiger partial charge in [-0.25, -0.2) is 10.0 Å². The number of alkyl halides is 3. The first-order chi connectivity index (χ1) is 16.6. The highest BCUT2D eigenvalue weighted by Gasteiger charge is 2.34. The summed E-state index contributed by atoms with van der Waals surface area (Å²) in [5, 5.41) is 10.1. The second kappa shape index (κ2) is 9.63. The Labute approximate surface area is 199 Å². The van der Waals surface area contributed by atoms with Crippen LogP contribution >= 0.6 is 0 Å². The van der Waals surface area contributed by atoms with Gasteiger partial charge in [0, 0.05) is 55.4 Å². The second-order valence-corrected chi connectivity index (χ2v) is 7.96. The van der Waals surface area contributed by atoms with Gasteiger partial charge in [-0.3, -0.25) is 15.0 Å². The van der Waals surface area contributed by atoms with Crippen molar-refractivity contribution in [1.82, 2.24) is 19.5 Å². The van der Waals surface area contributed by atoms with Crippen LogP contribution in [0.2, 0.25) is 0 Å². The molecule has 35 heavy (non-hydrogen) atoms. The Morgan fingerprint density at radius 3 is 2.09 bits per heavy atom. The minimum absolute atomic E-state index is 0.178. The summed E-state index contributed by atoms with van der Waals surface area (Å²) in [6, 6.07) is 14.9. The molecule has 3 aromatic rings. The Kier molecular flexibility index (Phi) is 6.61. The normalized spacial score (nSPS) is 14.5. The maximum atomic E-state index is 13.1. The summed E-state index contributed by atoms with van der Waals surface area (Å²) >= 11 is 0. The average molecular weight is 484 g/mol. The van der Waals surface area contributed by atoms with E-state index < -0.39 is 23.6 Å². The summed E-state index contributed by atoms with van der Waals surface area (Å²) in [7, 11) is 0. The van der Waals surface area contributed by atoms with Crippen LogP contribution in [0.15, 0.2) is 73.1 Å². The third kappa shape index (κ3) is 5.19. The molecule has 1 aromatic heterocycles. The fourth-order valence-electron chi connectivity index (χ4n) is 3.91. The molecule has 2 amide bonds. The van der Waals surface area contributed by atoms with Gasteiger partial charge in [-0.1, -0.05) is 6.07 Å². The highest BCUT2D eigenvalue weighted by atomic mass is 19.4. The molecule has 3 N–H and O–H groups in total.